The quantitative estimate of drug-likeness (QED) is 0.592. The molecule has 1 aromatic heterocycles. The third-order valence-corrected chi connectivity index (χ3v) is 6.46. The van der Waals surface area contributed by atoms with Gasteiger partial charge in [-0.2, -0.15) is 0 Å². The number of carbonyl (C=O) groups excluding carboxylic acids is 1. The first-order valence-corrected chi connectivity index (χ1v) is 12.2. The number of amides is 1. The second-order valence-corrected chi connectivity index (χ2v) is 9.80. The molecule has 1 unspecified atom stereocenters. The van der Waals surface area contributed by atoms with Gasteiger partial charge in [-0.25, -0.2) is 8.42 Å². The van der Waals surface area contributed by atoms with Crippen LogP contribution in [0.2, 0.25) is 0 Å². The van der Waals surface area contributed by atoms with Gasteiger partial charge in [0.1, 0.15) is 11.5 Å². The van der Waals surface area contributed by atoms with Crippen molar-refractivity contribution < 1.29 is 17.9 Å². The van der Waals surface area contributed by atoms with Crippen molar-refractivity contribution in [3.8, 4) is 5.75 Å². The minimum Gasteiger partial charge on any atom is -0.491 e. The van der Waals surface area contributed by atoms with Crippen molar-refractivity contribution in [3.63, 3.8) is 0 Å². The predicted octanol–water partition coefficient (Wildman–Crippen LogP) is 3.65. The van der Waals surface area contributed by atoms with Crippen molar-refractivity contribution in [2.45, 2.75) is 32.5 Å². The summed E-state index contributed by atoms with van der Waals surface area (Å²) in [5.41, 5.74) is 2.31. The summed E-state index contributed by atoms with van der Waals surface area (Å²) < 4.78 is 35.7. The molecule has 7 nitrogen and oxygen atoms in total. The molecule has 168 valence electrons. The number of ether oxygens (including phenoxy) is 1. The lowest BCUT2D eigenvalue weighted by atomic mass is 10.00. The van der Waals surface area contributed by atoms with Gasteiger partial charge in [0, 0.05) is 30.7 Å². The molecule has 32 heavy (non-hydrogen) atoms. The molecule has 1 aliphatic rings. The maximum atomic E-state index is 13.2. The van der Waals surface area contributed by atoms with Crippen LogP contribution in [0.5, 0.6) is 5.75 Å². The van der Waals surface area contributed by atoms with Crippen LogP contribution in [-0.2, 0) is 21.4 Å². The number of aromatic nitrogens is 1. The van der Waals surface area contributed by atoms with Gasteiger partial charge in [-0.1, -0.05) is 30.3 Å². The zero-order valence-electron chi connectivity index (χ0n) is 18.1. The fourth-order valence-electron chi connectivity index (χ4n) is 3.97. The second kappa shape index (κ2) is 9.08. The SMILES string of the molecule is CC(C)Oc1ccc(NS(=O)(=O)CC(=O)N2CCn3cccc3C2c2ccccc2)cc1. The molecule has 2 aromatic carbocycles. The number of hydrogen-bond donors (Lipinski definition) is 1. The number of nitrogens with one attached hydrogen (secondary N) is 1. The van der Waals surface area contributed by atoms with E-state index in [2.05, 4.69) is 9.29 Å². The number of carbonyl (C=O) groups is 1. The zero-order chi connectivity index (χ0) is 22.7. The third-order valence-electron chi connectivity index (χ3n) is 5.29. The van der Waals surface area contributed by atoms with Crippen LogP contribution < -0.4 is 9.46 Å². The number of sulfonamides is 1. The summed E-state index contributed by atoms with van der Waals surface area (Å²) in [4.78, 5) is 14.8. The van der Waals surface area contributed by atoms with E-state index >= 15 is 0 Å². The standard InChI is InChI=1S/C24H27N3O4S/c1-18(2)31-21-12-10-20(11-13-21)25-32(29,30)17-23(28)27-16-15-26-14-6-9-22(26)24(27)19-7-4-3-5-8-19/h3-14,18,24-25H,15-17H2,1-2H3. The summed E-state index contributed by atoms with van der Waals surface area (Å²) in [5.74, 6) is -0.402. The van der Waals surface area contributed by atoms with Crippen LogP contribution in [-0.4, -0.2) is 42.2 Å². The van der Waals surface area contributed by atoms with E-state index in [9.17, 15) is 13.2 Å². The highest BCUT2D eigenvalue weighted by Gasteiger charge is 2.33. The molecule has 1 amide bonds. The Hall–Kier alpha value is -3.26. The molecule has 1 aliphatic heterocycles. The minimum atomic E-state index is -3.88. The van der Waals surface area contributed by atoms with Crippen LogP contribution in [0, 0.1) is 0 Å². The first kappa shape index (κ1) is 22.0. The highest BCUT2D eigenvalue weighted by atomic mass is 32.2. The number of benzene rings is 2. The van der Waals surface area contributed by atoms with E-state index in [-0.39, 0.29) is 12.1 Å². The molecule has 0 bridgehead atoms. The van der Waals surface area contributed by atoms with Gasteiger partial charge in [0.15, 0.2) is 0 Å². The van der Waals surface area contributed by atoms with E-state index in [0.29, 0.717) is 24.5 Å². The molecule has 0 radical (unpaired) electrons. The summed E-state index contributed by atoms with van der Waals surface area (Å²) in [7, 11) is -3.88. The zero-order valence-corrected chi connectivity index (χ0v) is 19.0. The van der Waals surface area contributed by atoms with Gasteiger partial charge >= 0.3 is 0 Å². The van der Waals surface area contributed by atoms with Crippen LogP contribution in [0.15, 0.2) is 72.9 Å². The van der Waals surface area contributed by atoms with Crippen LogP contribution in [0.25, 0.3) is 0 Å². The lowest BCUT2D eigenvalue weighted by Crippen LogP contribution is -2.45. The summed E-state index contributed by atoms with van der Waals surface area (Å²) in [6, 6.07) is 19.9. The Morgan fingerprint density at radius 1 is 1.03 bits per heavy atom. The maximum absolute atomic E-state index is 13.2. The Kier molecular flexibility index (Phi) is 6.23. The summed E-state index contributed by atoms with van der Waals surface area (Å²) in [6.07, 6.45) is 2.01. The molecule has 1 N–H and O–H groups in total. The van der Waals surface area contributed by atoms with Crippen molar-refractivity contribution in [1.29, 1.82) is 0 Å². The molecule has 0 spiro atoms. The van der Waals surface area contributed by atoms with E-state index in [1.54, 1.807) is 29.2 Å². The molecule has 0 saturated carbocycles. The Balaban J connectivity index is 1.50. The Bertz CT molecular complexity index is 1170. The van der Waals surface area contributed by atoms with Gasteiger partial charge in [0.05, 0.1) is 12.1 Å². The van der Waals surface area contributed by atoms with Crippen molar-refractivity contribution >= 4 is 21.6 Å². The molecule has 8 heteroatoms. The van der Waals surface area contributed by atoms with Crippen LogP contribution in [0.4, 0.5) is 5.69 Å². The Morgan fingerprint density at radius 2 is 1.75 bits per heavy atom. The van der Waals surface area contributed by atoms with Crippen LogP contribution >= 0.6 is 0 Å². The highest BCUT2D eigenvalue weighted by molar-refractivity contribution is 7.93. The average Bonchev–Trinajstić information content (AvgIpc) is 3.23. The monoisotopic (exact) mass is 453 g/mol. The number of fused-ring (bicyclic) bond motifs is 1. The van der Waals surface area contributed by atoms with Gasteiger partial charge in [-0.15, -0.1) is 0 Å². The topological polar surface area (TPSA) is 80.6 Å². The van der Waals surface area contributed by atoms with Gasteiger partial charge in [0.2, 0.25) is 15.9 Å². The molecular formula is C24H27N3O4S. The molecule has 3 aromatic rings. The minimum absolute atomic E-state index is 0.0263. The van der Waals surface area contributed by atoms with Gasteiger partial charge in [0.25, 0.3) is 0 Å². The van der Waals surface area contributed by atoms with E-state index in [1.807, 2.05) is 62.5 Å². The van der Waals surface area contributed by atoms with E-state index in [0.717, 1.165) is 11.3 Å². The molecule has 1 atom stereocenters. The molecule has 0 fully saturated rings. The average molecular weight is 454 g/mol. The van der Waals surface area contributed by atoms with Crippen LogP contribution in [0.3, 0.4) is 0 Å². The smallest absolute Gasteiger partial charge is 0.241 e. The molecule has 2 heterocycles. The number of rotatable bonds is 7. The number of nitrogens with zero attached hydrogens (tertiary/aromatic N) is 2. The van der Waals surface area contributed by atoms with Crippen molar-refractivity contribution in [1.82, 2.24) is 9.47 Å². The van der Waals surface area contributed by atoms with Crippen molar-refractivity contribution in [3.05, 3.63) is 84.2 Å². The predicted molar refractivity (Wildman–Crippen MR) is 124 cm³/mol. The first-order chi connectivity index (χ1) is 15.3. The largest absolute Gasteiger partial charge is 0.491 e. The lowest BCUT2D eigenvalue weighted by molar-refractivity contribution is -0.131. The van der Waals surface area contributed by atoms with E-state index in [4.69, 9.17) is 4.74 Å². The van der Waals surface area contributed by atoms with E-state index < -0.39 is 21.7 Å². The first-order valence-electron chi connectivity index (χ1n) is 10.6. The molecule has 4 rings (SSSR count). The highest BCUT2D eigenvalue weighted by Crippen LogP contribution is 2.32. The van der Waals surface area contributed by atoms with Gasteiger partial charge in [-0.05, 0) is 55.8 Å². The molecule has 0 aliphatic carbocycles. The van der Waals surface area contributed by atoms with Gasteiger partial charge in [-0.3, -0.25) is 9.52 Å². The fourth-order valence-corrected chi connectivity index (χ4v) is 5.03. The second-order valence-electron chi connectivity index (χ2n) is 8.08. The fraction of sp³-hybridized carbons (Fsp3) is 0.292. The number of hydrogen-bond acceptors (Lipinski definition) is 4. The van der Waals surface area contributed by atoms with Crippen molar-refractivity contribution in [2.24, 2.45) is 0 Å². The van der Waals surface area contributed by atoms with Gasteiger partial charge < -0.3 is 14.2 Å². The maximum Gasteiger partial charge on any atom is 0.241 e. The molecular weight excluding hydrogens is 426 g/mol. The third kappa shape index (κ3) is 4.96. The van der Waals surface area contributed by atoms with Crippen molar-refractivity contribution in [2.75, 3.05) is 17.0 Å². The summed E-state index contributed by atoms with van der Waals surface area (Å²) >= 11 is 0. The van der Waals surface area contributed by atoms with E-state index in [1.165, 1.54) is 0 Å². The Morgan fingerprint density at radius 3 is 2.44 bits per heavy atom. The number of anilines is 1. The summed E-state index contributed by atoms with van der Waals surface area (Å²) in [6.45, 7) is 4.91. The summed E-state index contributed by atoms with van der Waals surface area (Å²) in [5, 5.41) is 0. The van der Waals surface area contributed by atoms with Crippen LogP contribution in [0.1, 0.15) is 31.1 Å². The molecule has 0 saturated heterocycles. The Labute approximate surface area is 188 Å². The lowest BCUT2D eigenvalue weighted by Gasteiger charge is -2.37. The normalized spacial score (nSPS) is 16.0.